The van der Waals surface area contributed by atoms with Crippen LogP contribution in [0.5, 0.6) is 0 Å². The van der Waals surface area contributed by atoms with Gasteiger partial charge in [0.25, 0.3) is 5.56 Å². The molecule has 9 heteroatoms. The number of halogens is 1. The van der Waals surface area contributed by atoms with Gasteiger partial charge in [-0.15, -0.1) is 0 Å². The van der Waals surface area contributed by atoms with E-state index in [0.29, 0.717) is 24.6 Å². The normalized spacial score (nSPS) is 15.8. The number of rotatable bonds is 5. The molecule has 0 aliphatic carbocycles. The highest BCUT2D eigenvalue weighted by Crippen LogP contribution is 2.29. The summed E-state index contributed by atoms with van der Waals surface area (Å²) in [6.07, 6.45) is 1.94. The molecule has 0 radical (unpaired) electrons. The minimum absolute atomic E-state index is 0.0719. The van der Waals surface area contributed by atoms with Gasteiger partial charge in [0, 0.05) is 42.1 Å². The van der Waals surface area contributed by atoms with Crippen molar-refractivity contribution in [3.8, 4) is 0 Å². The zero-order chi connectivity index (χ0) is 22.0. The van der Waals surface area contributed by atoms with Gasteiger partial charge in [-0.3, -0.25) is 14.6 Å². The van der Waals surface area contributed by atoms with Gasteiger partial charge >= 0.3 is 0 Å². The Bertz CT molecular complexity index is 1160. The topological polar surface area (TPSA) is 93.0 Å². The van der Waals surface area contributed by atoms with E-state index in [2.05, 4.69) is 20.4 Å². The molecular formula is C22H23FN6O2. The Morgan fingerprint density at radius 3 is 2.81 bits per heavy atom. The largest absolute Gasteiger partial charge is 0.340 e. The second kappa shape index (κ2) is 8.63. The van der Waals surface area contributed by atoms with Gasteiger partial charge in [0.1, 0.15) is 18.2 Å². The van der Waals surface area contributed by atoms with Crippen molar-refractivity contribution in [2.45, 2.75) is 32.7 Å². The summed E-state index contributed by atoms with van der Waals surface area (Å²) < 4.78 is 14.3. The Balaban J connectivity index is 1.45. The molecule has 4 heterocycles. The number of nitrogens with zero attached hydrogens (tertiary/aromatic N) is 5. The van der Waals surface area contributed by atoms with E-state index < -0.39 is 5.82 Å². The first kappa shape index (κ1) is 20.6. The number of pyridine rings is 2. The Morgan fingerprint density at radius 2 is 2.03 bits per heavy atom. The summed E-state index contributed by atoms with van der Waals surface area (Å²) in [6, 6.07) is 9.79. The SMILES string of the molecule is Cc1cc(Nc2ccc(F)cn2)cc(C2CCN(C(=O)Cn3nc(C)ccc3=O)C2)n1. The lowest BCUT2D eigenvalue weighted by molar-refractivity contribution is -0.131. The van der Waals surface area contributed by atoms with E-state index in [1.807, 2.05) is 19.1 Å². The van der Waals surface area contributed by atoms with Gasteiger partial charge in [-0.1, -0.05) is 0 Å². The summed E-state index contributed by atoms with van der Waals surface area (Å²) in [4.78, 5) is 35.1. The molecule has 31 heavy (non-hydrogen) atoms. The van der Waals surface area contributed by atoms with Crippen LogP contribution in [0.3, 0.4) is 0 Å². The lowest BCUT2D eigenvalue weighted by Crippen LogP contribution is -2.36. The summed E-state index contributed by atoms with van der Waals surface area (Å²) in [5.41, 5.74) is 2.92. The zero-order valence-electron chi connectivity index (χ0n) is 17.4. The molecule has 1 aliphatic heterocycles. The average molecular weight is 422 g/mol. The highest BCUT2D eigenvalue weighted by molar-refractivity contribution is 5.76. The maximum Gasteiger partial charge on any atom is 0.267 e. The van der Waals surface area contributed by atoms with Crippen LogP contribution in [0.2, 0.25) is 0 Å². The molecule has 1 atom stereocenters. The molecule has 1 amide bonds. The average Bonchev–Trinajstić information content (AvgIpc) is 3.23. The number of amides is 1. The third-order valence-corrected chi connectivity index (χ3v) is 5.22. The monoisotopic (exact) mass is 422 g/mol. The van der Waals surface area contributed by atoms with Gasteiger partial charge in [-0.25, -0.2) is 14.1 Å². The number of carbonyl (C=O) groups excluding carboxylic acids is 1. The number of aryl methyl sites for hydroxylation is 2. The van der Waals surface area contributed by atoms with E-state index >= 15 is 0 Å². The Kier molecular flexibility index (Phi) is 5.75. The van der Waals surface area contributed by atoms with Crippen LogP contribution >= 0.6 is 0 Å². The summed E-state index contributed by atoms with van der Waals surface area (Å²) in [5, 5.41) is 7.31. The maximum atomic E-state index is 13.1. The van der Waals surface area contributed by atoms with Crippen LogP contribution in [-0.2, 0) is 11.3 Å². The number of carbonyl (C=O) groups is 1. The fourth-order valence-electron chi connectivity index (χ4n) is 3.69. The van der Waals surface area contributed by atoms with Crippen LogP contribution in [0, 0.1) is 19.7 Å². The highest BCUT2D eigenvalue weighted by Gasteiger charge is 2.29. The molecule has 1 saturated heterocycles. The van der Waals surface area contributed by atoms with E-state index in [9.17, 15) is 14.0 Å². The molecule has 1 N–H and O–H groups in total. The first-order valence-corrected chi connectivity index (χ1v) is 10.1. The van der Waals surface area contributed by atoms with Gasteiger partial charge in [-0.2, -0.15) is 5.10 Å². The minimum Gasteiger partial charge on any atom is -0.340 e. The summed E-state index contributed by atoms with van der Waals surface area (Å²) >= 11 is 0. The van der Waals surface area contributed by atoms with Crippen molar-refractivity contribution >= 4 is 17.4 Å². The molecule has 0 bridgehead atoms. The van der Waals surface area contributed by atoms with Gasteiger partial charge in [-0.05, 0) is 50.6 Å². The molecule has 0 aromatic carbocycles. The minimum atomic E-state index is -0.393. The second-order valence-corrected chi connectivity index (χ2v) is 7.70. The molecule has 1 aliphatic rings. The number of hydrogen-bond donors (Lipinski definition) is 1. The molecule has 1 unspecified atom stereocenters. The number of aromatic nitrogens is 4. The fourth-order valence-corrected chi connectivity index (χ4v) is 3.69. The fraction of sp³-hybridized carbons (Fsp3) is 0.318. The lowest BCUT2D eigenvalue weighted by Gasteiger charge is -2.17. The first-order valence-electron chi connectivity index (χ1n) is 10.1. The summed E-state index contributed by atoms with van der Waals surface area (Å²) in [6.45, 7) is 4.74. The third-order valence-electron chi connectivity index (χ3n) is 5.22. The van der Waals surface area contributed by atoms with Crippen molar-refractivity contribution in [2.24, 2.45) is 0 Å². The number of anilines is 2. The number of likely N-dealkylation sites (tertiary alicyclic amines) is 1. The van der Waals surface area contributed by atoms with Crippen molar-refractivity contribution in [2.75, 3.05) is 18.4 Å². The number of hydrogen-bond acceptors (Lipinski definition) is 6. The first-order chi connectivity index (χ1) is 14.9. The van der Waals surface area contributed by atoms with Crippen LogP contribution in [0.25, 0.3) is 0 Å². The van der Waals surface area contributed by atoms with Gasteiger partial charge in [0.2, 0.25) is 5.91 Å². The lowest BCUT2D eigenvalue weighted by atomic mass is 10.0. The van der Waals surface area contributed by atoms with Crippen LogP contribution in [-0.4, -0.2) is 43.6 Å². The number of nitrogens with one attached hydrogen (secondary N) is 1. The molecule has 3 aromatic heterocycles. The van der Waals surface area contributed by atoms with Crippen LogP contribution in [0.15, 0.2) is 47.4 Å². The summed E-state index contributed by atoms with van der Waals surface area (Å²) in [7, 11) is 0. The van der Waals surface area contributed by atoms with Crippen molar-refractivity contribution in [3.63, 3.8) is 0 Å². The van der Waals surface area contributed by atoms with Gasteiger partial charge in [0.05, 0.1) is 11.9 Å². The molecule has 160 valence electrons. The Labute approximate surface area is 178 Å². The standard InChI is InChI=1S/C22H23FN6O2/c1-14-3-6-21(30)29(27-14)13-22(31)28-8-7-16(12-28)19-10-18(9-15(2)25-19)26-20-5-4-17(23)11-24-20/h3-6,9-11,16H,7-8,12-13H2,1-2H3,(H,24,25,26). The molecule has 0 saturated carbocycles. The molecule has 1 fully saturated rings. The maximum absolute atomic E-state index is 13.1. The van der Waals surface area contributed by atoms with E-state index in [1.165, 1.54) is 16.8 Å². The molecule has 4 rings (SSSR count). The predicted molar refractivity (Wildman–Crippen MR) is 114 cm³/mol. The van der Waals surface area contributed by atoms with Crippen LogP contribution in [0.4, 0.5) is 15.9 Å². The highest BCUT2D eigenvalue weighted by atomic mass is 19.1. The Hall–Kier alpha value is -3.62. The Morgan fingerprint density at radius 1 is 1.19 bits per heavy atom. The molecule has 8 nitrogen and oxygen atoms in total. The molecule has 0 spiro atoms. The van der Waals surface area contributed by atoms with E-state index in [4.69, 9.17) is 0 Å². The van der Waals surface area contributed by atoms with Gasteiger partial charge < -0.3 is 10.2 Å². The van der Waals surface area contributed by atoms with Crippen molar-refractivity contribution in [3.05, 3.63) is 75.8 Å². The zero-order valence-corrected chi connectivity index (χ0v) is 17.4. The van der Waals surface area contributed by atoms with Crippen molar-refractivity contribution in [1.29, 1.82) is 0 Å². The molecular weight excluding hydrogens is 399 g/mol. The van der Waals surface area contributed by atoms with E-state index in [-0.39, 0.29) is 23.9 Å². The molecule has 3 aromatic rings. The van der Waals surface area contributed by atoms with E-state index in [0.717, 1.165) is 29.7 Å². The smallest absolute Gasteiger partial charge is 0.267 e. The van der Waals surface area contributed by atoms with Crippen molar-refractivity contribution < 1.29 is 9.18 Å². The third kappa shape index (κ3) is 4.93. The van der Waals surface area contributed by atoms with Crippen LogP contribution < -0.4 is 10.9 Å². The van der Waals surface area contributed by atoms with Crippen molar-refractivity contribution in [1.82, 2.24) is 24.6 Å². The second-order valence-electron chi connectivity index (χ2n) is 7.70. The summed E-state index contributed by atoms with van der Waals surface area (Å²) in [5.74, 6) is 0.102. The quantitative estimate of drug-likeness (QED) is 0.679. The van der Waals surface area contributed by atoms with Crippen LogP contribution in [0.1, 0.15) is 29.4 Å². The predicted octanol–water partition coefficient (Wildman–Crippen LogP) is 2.55. The van der Waals surface area contributed by atoms with E-state index in [1.54, 1.807) is 24.0 Å². The van der Waals surface area contributed by atoms with Gasteiger partial charge in [0.15, 0.2) is 0 Å².